The number of methoxy groups -OCH3 is 1. The summed E-state index contributed by atoms with van der Waals surface area (Å²) in [6.07, 6.45) is 2.29. The molecule has 0 unspecified atom stereocenters. The van der Waals surface area contributed by atoms with Gasteiger partial charge in [0.1, 0.15) is 10.0 Å². The van der Waals surface area contributed by atoms with E-state index >= 15 is 0 Å². The Bertz CT molecular complexity index is 1180. The summed E-state index contributed by atoms with van der Waals surface area (Å²) in [6.45, 7) is 1.25. The zero-order valence-corrected chi connectivity index (χ0v) is 19.9. The molecular formula is C21H23ClN4O4S2. The van der Waals surface area contributed by atoms with Crippen LogP contribution >= 0.6 is 22.9 Å². The lowest BCUT2D eigenvalue weighted by atomic mass is 9.96. The van der Waals surface area contributed by atoms with Crippen molar-refractivity contribution in [3.63, 3.8) is 0 Å². The van der Waals surface area contributed by atoms with E-state index in [1.807, 2.05) is 24.3 Å². The lowest BCUT2D eigenvalue weighted by Gasteiger charge is -2.33. The fraction of sp³-hybridized carbons (Fsp3) is 0.381. The first kappa shape index (κ1) is 23.1. The van der Waals surface area contributed by atoms with E-state index in [0.717, 1.165) is 10.2 Å². The number of thiazole rings is 1. The summed E-state index contributed by atoms with van der Waals surface area (Å²) in [5.74, 6) is -0.354. The molecule has 1 aliphatic rings. The Hall–Kier alpha value is -2.11. The Morgan fingerprint density at radius 3 is 2.69 bits per heavy atom. The van der Waals surface area contributed by atoms with E-state index in [9.17, 15) is 13.2 Å². The number of rotatable bonds is 7. The molecule has 0 spiro atoms. The Morgan fingerprint density at radius 2 is 2.00 bits per heavy atom. The van der Waals surface area contributed by atoms with Crippen LogP contribution < -0.4 is 4.90 Å². The highest BCUT2D eigenvalue weighted by atomic mass is 35.5. The Balaban J connectivity index is 1.49. The van der Waals surface area contributed by atoms with Crippen LogP contribution in [0.25, 0.3) is 10.2 Å². The predicted octanol–water partition coefficient (Wildman–Crippen LogP) is 3.43. The average Bonchev–Trinajstić information content (AvgIpc) is 3.23. The number of carbonyl (C=O) groups is 1. The Kier molecular flexibility index (Phi) is 7.06. The molecular weight excluding hydrogens is 472 g/mol. The fourth-order valence-electron chi connectivity index (χ4n) is 3.72. The first-order valence-electron chi connectivity index (χ1n) is 10.2. The van der Waals surface area contributed by atoms with Crippen molar-refractivity contribution in [2.45, 2.75) is 17.7 Å². The van der Waals surface area contributed by atoms with Crippen molar-refractivity contribution >= 4 is 54.2 Å². The van der Waals surface area contributed by atoms with Crippen molar-refractivity contribution in [1.29, 1.82) is 0 Å². The molecule has 0 bridgehead atoms. The minimum Gasteiger partial charge on any atom is -0.383 e. The molecule has 3 aromatic rings. The van der Waals surface area contributed by atoms with Crippen LogP contribution in [0.1, 0.15) is 12.8 Å². The molecule has 1 aromatic carbocycles. The zero-order chi connectivity index (χ0) is 22.7. The lowest BCUT2D eigenvalue weighted by Crippen LogP contribution is -2.45. The maximum absolute atomic E-state index is 13.4. The molecule has 0 atom stereocenters. The third-order valence-corrected chi connectivity index (χ3v) is 8.85. The normalized spacial score (nSPS) is 15.8. The number of piperidine rings is 1. The van der Waals surface area contributed by atoms with E-state index in [1.54, 1.807) is 18.1 Å². The zero-order valence-electron chi connectivity index (χ0n) is 17.5. The van der Waals surface area contributed by atoms with E-state index in [-0.39, 0.29) is 35.0 Å². The fourth-order valence-corrected chi connectivity index (χ4v) is 6.62. The number of benzene rings is 1. The van der Waals surface area contributed by atoms with Crippen LogP contribution in [0.5, 0.6) is 0 Å². The Labute approximate surface area is 195 Å². The largest absolute Gasteiger partial charge is 0.383 e. The molecule has 0 N–H and O–H groups in total. The van der Waals surface area contributed by atoms with Crippen LogP contribution in [0.15, 0.2) is 47.5 Å². The Morgan fingerprint density at radius 1 is 1.25 bits per heavy atom. The summed E-state index contributed by atoms with van der Waals surface area (Å²) in [6, 6.07) is 10.7. The molecule has 1 amide bonds. The average molecular weight is 495 g/mol. The quantitative estimate of drug-likeness (QED) is 0.467. The topological polar surface area (TPSA) is 92.7 Å². The number of amides is 1. The summed E-state index contributed by atoms with van der Waals surface area (Å²) < 4.78 is 33.5. The molecule has 2 aromatic heterocycles. The van der Waals surface area contributed by atoms with Gasteiger partial charge in [-0.1, -0.05) is 35.1 Å². The number of para-hydroxylation sites is 1. The third-order valence-electron chi connectivity index (χ3n) is 5.44. The number of anilines is 1. The number of carbonyl (C=O) groups excluding carboxylic acids is 1. The molecule has 0 saturated carbocycles. The first-order valence-corrected chi connectivity index (χ1v) is 12.8. The highest BCUT2D eigenvalue weighted by Crippen LogP contribution is 2.32. The highest BCUT2D eigenvalue weighted by molar-refractivity contribution is 7.89. The smallest absolute Gasteiger partial charge is 0.246 e. The number of hydrogen-bond acceptors (Lipinski definition) is 7. The van der Waals surface area contributed by atoms with E-state index in [2.05, 4.69) is 9.97 Å². The van der Waals surface area contributed by atoms with E-state index < -0.39 is 10.0 Å². The van der Waals surface area contributed by atoms with Gasteiger partial charge in [-0.05, 0) is 37.1 Å². The van der Waals surface area contributed by atoms with Gasteiger partial charge in [-0.25, -0.2) is 18.4 Å². The number of fused-ring (bicyclic) bond motifs is 1. The van der Waals surface area contributed by atoms with Gasteiger partial charge in [0, 0.05) is 32.3 Å². The maximum atomic E-state index is 13.4. The summed E-state index contributed by atoms with van der Waals surface area (Å²) in [7, 11) is -2.17. The second kappa shape index (κ2) is 9.80. The van der Waals surface area contributed by atoms with Crippen LogP contribution in [0.4, 0.5) is 5.13 Å². The lowest BCUT2D eigenvalue weighted by molar-refractivity contribution is -0.123. The number of ether oxygens (including phenoxy) is 1. The second-order valence-electron chi connectivity index (χ2n) is 7.42. The van der Waals surface area contributed by atoms with Crippen molar-refractivity contribution in [3.8, 4) is 0 Å². The number of halogens is 1. The van der Waals surface area contributed by atoms with Crippen LogP contribution in [0.3, 0.4) is 0 Å². The monoisotopic (exact) mass is 494 g/mol. The van der Waals surface area contributed by atoms with Gasteiger partial charge < -0.3 is 4.74 Å². The molecule has 32 heavy (non-hydrogen) atoms. The van der Waals surface area contributed by atoms with Gasteiger partial charge in [-0.15, -0.1) is 0 Å². The molecule has 0 radical (unpaired) electrons. The molecule has 1 saturated heterocycles. The molecule has 1 fully saturated rings. The molecule has 8 nitrogen and oxygen atoms in total. The first-order chi connectivity index (χ1) is 15.4. The van der Waals surface area contributed by atoms with Gasteiger partial charge in [0.2, 0.25) is 15.9 Å². The van der Waals surface area contributed by atoms with Gasteiger partial charge in [0.15, 0.2) is 5.13 Å². The van der Waals surface area contributed by atoms with E-state index in [0.29, 0.717) is 31.1 Å². The van der Waals surface area contributed by atoms with Gasteiger partial charge in [0.25, 0.3) is 0 Å². The summed E-state index contributed by atoms with van der Waals surface area (Å²) in [5, 5.41) is 0.581. The van der Waals surface area contributed by atoms with Crippen LogP contribution in [0.2, 0.25) is 5.15 Å². The molecule has 11 heteroatoms. The van der Waals surface area contributed by atoms with Gasteiger partial charge >= 0.3 is 0 Å². The molecule has 170 valence electrons. The molecule has 4 rings (SSSR count). The van der Waals surface area contributed by atoms with Gasteiger partial charge in [0.05, 0.1) is 23.4 Å². The predicted molar refractivity (Wildman–Crippen MR) is 125 cm³/mol. The minimum atomic E-state index is -3.76. The molecule has 1 aliphatic heterocycles. The van der Waals surface area contributed by atoms with Crippen LogP contribution in [-0.2, 0) is 19.6 Å². The summed E-state index contributed by atoms with van der Waals surface area (Å²) in [5.41, 5.74) is 0.844. The van der Waals surface area contributed by atoms with Crippen molar-refractivity contribution in [1.82, 2.24) is 14.3 Å². The number of aromatic nitrogens is 2. The van der Waals surface area contributed by atoms with Crippen molar-refractivity contribution in [3.05, 3.63) is 47.7 Å². The molecule has 0 aliphatic carbocycles. The summed E-state index contributed by atoms with van der Waals surface area (Å²) >= 11 is 7.47. The number of hydrogen-bond donors (Lipinski definition) is 0. The SMILES string of the molecule is COCCN(C(=O)C1CCN(S(=O)(=O)c2cccnc2Cl)CC1)c1nc2ccccc2s1. The van der Waals surface area contributed by atoms with Crippen molar-refractivity contribution < 1.29 is 17.9 Å². The van der Waals surface area contributed by atoms with E-state index in [4.69, 9.17) is 16.3 Å². The van der Waals surface area contributed by atoms with Crippen LogP contribution in [-0.4, -0.2) is 61.9 Å². The summed E-state index contributed by atoms with van der Waals surface area (Å²) in [4.78, 5) is 23.5. The maximum Gasteiger partial charge on any atom is 0.246 e. The number of pyridine rings is 1. The van der Waals surface area contributed by atoms with Gasteiger partial charge in [-0.3, -0.25) is 9.69 Å². The van der Waals surface area contributed by atoms with E-state index in [1.165, 1.54) is 27.9 Å². The highest BCUT2D eigenvalue weighted by Gasteiger charge is 2.35. The standard InChI is InChI=1S/C21H23ClN4O4S2/c1-30-14-13-26(21-24-16-5-2-3-6-17(16)31-21)20(27)15-8-11-25(12-9-15)32(28,29)18-7-4-10-23-19(18)22/h2-7,10,15H,8-9,11-14H2,1H3. The molecule has 3 heterocycles. The number of sulfonamides is 1. The number of nitrogens with zero attached hydrogens (tertiary/aromatic N) is 4. The second-order valence-corrected chi connectivity index (χ2v) is 10.7. The van der Waals surface area contributed by atoms with Crippen molar-refractivity contribution in [2.24, 2.45) is 5.92 Å². The minimum absolute atomic E-state index is 0.0114. The van der Waals surface area contributed by atoms with Crippen LogP contribution in [0, 0.1) is 5.92 Å². The van der Waals surface area contributed by atoms with Gasteiger partial charge in [-0.2, -0.15) is 4.31 Å². The van der Waals surface area contributed by atoms with Crippen molar-refractivity contribution in [2.75, 3.05) is 38.3 Å². The third kappa shape index (κ3) is 4.65.